The van der Waals surface area contributed by atoms with E-state index in [0.717, 1.165) is 11.3 Å². The van der Waals surface area contributed by atoms with E-state index in [1.54, 1.807) is 0 Å². The molecular weight excluding hydrogens is 268 g/mol. The van der Waals surface area contributed by atoms with Crippen LogP contribution in [0.3, 0.4) is 0 Å². The number of amides is 1. The number of carbonyl (C=O) groups excluding carboxylic acids is 1. The first-order valence-electron chi connectivity index (χ1n) is 7.32. The van der Waals surface area contributed by atoms with Crippen LogP contribution < -0.4 is 5.32 Å². The normalized spacial score (nSPS) is 17.7. The summed E-state index contributed by atoms with van der Waals surface area (Å²) in [6, 6.07) is 7.71. The second kappa shape index (κ2) is 7.02. The Bertz CT molecular complexity index is 484. The molecule has 0 atom stereocenters. The predicted octanol–water partition coefficient (Wildman–Crippen LogP) is 1.41. The molecule has 21 heavy (non-hydrogen) atoms. The van der Waals surface area contributed by atoms with Crippen LogP contribution in [0.1, 0.15) is 18.4 Å². The molecule has 5 nitrogen and oxygen atoms in total. The third kappa shape index (κ3) is 5.12. The van der Waals surface area contributed by atoms with Crippen LogP contribution in [-0.2, 0) is 9.53 Å². The van der Waals surface area contributed by atoms with Gasteiger partial charge in [0, 0.05) is 38.3 Å². The predicted molar refractivity (Wildman–Crippen MR) is 82.3 cm³/mol. The fourth-order valence-electron chi connectivity index (χ4n) is 2.64. The summed E-state index contributed by atoms with van der Waals surface area (Å²) in [5.74, 6) is -0.0706. The van der Waals surface area contributed by atoms with Gasteiger partial charge in [0.15, 0.2) is 0 Å². The van der Waals surface area contributed by atoms with Crippen LogP contribution in [0.25, 0.3) is 0 Å². The van der Waals surface area contributed by atoms with E-state index >= 15 is 0 Å². The molecule has 1 saturated heterocycles. The van der Waals surface area contributed by atoms with Crippen LogP contribution in [0.5, 0.6) is 0 Å². The summed E-state index contributed by atoms with van der Waals surface area (Å²) in [5, 5.41) is 13.3. The van der Waals surface area contributed by atoms with Crippen molar-refractivity contribution in [3.8, 4) is 0 Å². The highest BCUT2D eigenvalue weighted by atomic mass is 16.5. The molecule has 1 amide bonds. The molecule has 0 aromatic heterocycles. The minimum Gasteiger partial charge on any atom is -0.388 e. The molecule has 1 aliphatic rings. The van der Waals surface area contributed by atoms with Crippen molar-refractivity contribution in [3.05, 3.63) is 29.8 Å². The number of rotatable bonds is 5. The molecule has 1 fully saturated rings. The number of hydrogen-bond donors (Lipinski definition) is 2. The Balaban J connectivity index is 1.81. The Kier molecular flexibility index (Phi) is 5.33. The van der Waals surface area contributed by atoms with Crippen LogP contribution in [-0.4, -0.2) is 54.9 Å². The van der Waals surface area contributed by atoms with E-state index in [9.17, 15) is 9.90 Å². The van der Waals surface area contributed by atoms with Gasteiger partial charge in [-0.2, -0.15) is 0 Å². The van der Waals surface area contributed by atoms with Crippen molar-refractivity contribution in [2.45, 2.75) is 25.4 Å². The molecule has 0 bridgehead atoms. The molecule has 0 aliphatic carbocycles. The van der Waals surface area contributed by atoms with E-state index in [0.29, 0.717) is 32.6 Å². The van der Waals surface area contributed by atoms with E-state index < -0.39 is 5.60 Å². The van der Waals surface area contributed by atoms with Gasteiger partial charge in [0.2, 0.25) is 5.91 Å². The largest absolute Gasteiger partial charge is 0.388 e. The Morgan fingerprint density at radius 3 is 2.81 bits per heavy atom. The van der Waals surface area contributed by atoms with Crippen LogP contribution >= 0.6 is 0 Å². The first kappa shape index (κ1) is 15.9. The summed E-state index contributed by atoms with van der Waals surface area (Å²) >= 11 is 0. The Morgan fingerprint density at radius 1 is 1.43 bits per heavy atom. The van der Waals surface area contributed by atoms with Crippen molar-refractivity contribution >= 4 is 11.6 Å². The lowest BCUT2D eigenvalue weighted by Crippen LogP contribution is -2.47. The van der Waals surface area contributed by atoms with Crippen LogP contribution in [0.15, 0.2) is 24.3 Å². The lowest BCUT2D eigenvalue weighted by Gasteiger charge is -2.35. The van der Waals surface area contributed by atoms with Crippen molar-refractivity contribution < 1.29 is 14.6 Å². The topological polar surface area (TPSA) is 61.8 Å². The number of nitrogens with one attached hydrogen (secondary N) is 1. The number of anilines is 1. The fraction of sp³-hybridized carbons (Fsp3) is 0.562. The Hall–Kier alpha value is -1.43. The zero-order valence-corrected chi connectivity index (χ0v) is 12.8. The number of carbonyl (C=O) groups is 1. The van der Waals surface area contributed by atoms with Gasteiger partial charge in [0.1, 0.15) is 0 Å². The molecule has 5 heteroatoms. The zero-order chi connectivity index (χ0) is 15.3. The summed E-state index contributed by atoms with van der Waals surface area (Å²) in [7, 11) is 1.85. The highest BCUT2D eigenvalue weighted by Crippen LogP contribution is 2.21. The van der Waals surface area contributed by atoms with Crippen molar-refractivity contribution in [1.82, 2.24) is 4.90 Å². The van der Waals surface area contributed by atoms with Gasteiger partial charge < -0.3 is 15.2 Å². The maximum absolute atomic E-state index is 12.0. The minimum atomic E-state index is -0.739. The molecule has 1 aliphatic heterocycles. The van der Waals surface area contributed by atoms with Crippen molar-refractivity contribution in [1.29, 1.82) is 0 Å². The lowest BCUT2D eigenvalue weighted by molar-refractivity contribution is -0.118. The molecule has 1 aromatic carbocycles. The summed E-state index contributed by atoms with van der Waals surface area (Å²) in [4.78, 5) is 13.9. The average molecular weight is 292 g/mol. The molecule has 2 rings (SSSR count). The molecule has 2 N–H and O–H groups in total. The maximum atomic E-state index is 12.0. The molecule has 1 aromatic rings. The highest BCUT2D eigenvalue weighted by Gasteiger charge is 2.31. The van der Waals surface area contributed by atoms with Crippen molar-refractivity contribution in [3.63, 3.8) is 0 Å². The Morgan fingerprint density at radius 2 is 2.14 bits per heavy atom. The van der Waals surface area contributed by atoms with Gasteiger partial charge in [-0.3, -0.25) is 9.69 Å². The Labute approximate surface area is 125 Å². The van der Waals surface area contributed by atoms with Crippen LogP contribution in [0.4, 0.5) is 5.69 Å². The average Bonchev–Trinajstić information content (AvgIpc) is 2.38. The van der Waals surface area contributed by atoms with Crippen LogP contribution in [0.2, 0.25) is 0 Å². The van der Waals surface area contributed by atoms with E-state index in [2.05, 4.69) is 5.32 Å². The van der Waals surface area contributed by atoms with Gasteiger partial charge in [-0.25, -0.2) is 0 Å². The first-order chi connectivity index (χ1) is 9.97. The van der Waals surface area contributed by atoms with Crippen molar-refractivity contribution in [2.75, 3.05) is 38.7 Å². The summed E-state index contributed by atoms with van der Waals surface area (Å²) in [5.41, 5.74) is 1.17. The molecule has 0 radical (unpaired) electrons. The number of likely N-dealkylation sites (N-methyl/N-ethyl adjacent to an activating group) is 1. The number of aliphatic hydroxyl groups is 1. The molecule has 0 unspecified atom stereocenters. The molecule has 0 saturated carbocycles. The quantitative estimate of drug-likeness (QED) is 0.861. The first-order valence-corrected chi connectivity index (χ1v) is 7.32. The number of nitrogens with zero attached hydrogens (tertiary/aromatic N) is 1. The van der Waals surface area contributed by atoms with E-state index in [-0.39, 0.29) is 12.5 Å². The zero-order valence-electron chi connectivity index (χ0n) is 12.8. The second-order valence-electron chi connectivity index (χ2n) is 5.93. The summed E-state index contributed by atoms with van der Waals surface area (Å²) < 4.78 is 5.26. The van der Waals surface area contributed by atoms with Gasteiger partial charge in [0.05, 0.1) is 12.1 Å². The minimum absolute atomic E-state index is 0.0706. The highest BCUT2D eigenvalue weighted by molar-refractivity contribution is 5.92. The van der Waals surface area contributed by atoms with Gasteiger partial charge in [-0.1, -0.05) is 12.1 Å². The molecule has 1 heterocycles. The van der Waals surface area contributed by atoms with E-state index in [1.807, 2.05) is 43.1 Å². The molecule has 116 valence electrons. The van der Waals surface area contributed by atoms with E-state index in [1.165, 1.54) is 0 Å². The SMILES string of the molecule is Cc1cccc(NC(=O)CN(C)CC2(O)CCOCC2)c1. The molecular formula is C16H24N2O3. The number of benzene rings is 1. The second-order valence-corrected chi connectivity index (χ2v) is 5.93. The third-order valence-corrected chi connectivity index (χ3v) is 3.70. The molecule has 0 spiro atoms. The summed E-state index contributed by atoms with van der Waals surface area (Å²) in [6.07, 6.45) is 1.24. The van der Waals surface area contributed by atoms with Crippen LogP contribution in [0, 0.1) is 6.92 Å². The van der Waals surface area contributed by atoms with E-state index in [4.69, 9.17) is 4.74 Å². The van der Waals surface area contributed by atoms with Gasteiger partial charge >= 0.3 is 0 Å². The maximum Gasteiger partial charge on any atom is 0.238 e. The van der Waals surface area contributed by atoms with Gasteiger partial charge in [0.25, 0.3) is 0 Å². The third-order valence-electron chi connectivity index (χ3n) is 3.70. The van der Waals surface area contributed by atoms with Gasteiger partial charge in [-0.05, 0) is 31.7 Å². The fourth-order valence-corrected chi connectivity index (χ4v) is 2.64. The van der Waals surface area contributed by atoms with Gasteiger partial charge in [-0.15, -0.1) is 0 Å². The van der Waals surface area contributed by atoms with Crippen molar-refractivity contribution in [2.24, 2.45) is 0 Å². The smallest absolute Gasteiger partial charge is 0.238 e. The number of aryl methyl sites for hydroxylation is 1. The summed E-state index contributed by atoms with van der Waals surface area (Å²) in [6.45, 7) is 3.90. The lowest BCUT2D eigenvalue weighted by atomic mass is 9.94. The standard InChI is InChI=1S/C16H24N2O3/c1-13-4-3-5-14(10-13)17-15(19)11-18(2)12-16(20)6-8-21-9-7-16/h3-5,10,20H,6-9,11-12H2,1-2H3,(H,17,19). The number of hydrogen-bond acceptors (Lipinski definition) is 4. The number of ether oxygens (including phenoxy) is 1. The monoisotopic (exact) mass is 292 g/mol.